The molecule has 0 fully saturated rings. The lowest BCUT2D eigenvalue weighted by Gasteiger charge is -2.20. The molecule has 3 rings (SSSR count). The average Bonchev–Trinajstić information content (AvgIpc) is 2.53. The predicted octanol–water partition coefficient (Wildman–Crippen LogP) is 3.88. The Morgan fingerprint density at radius 3 is 1.29 bits per heavy atom. The van der Waals surface area contributed by atoms with Crippen molar-refractivity contribution in [3.63, 3.8) is 0 Å². The van der Waals surface area contributed by atoms with Gasteiger partial charge in [0.15, 0.2) is 7.14 Å². The van der Waals surface area contributed by atoms with Crippen LogP contribution in [0.5, 0.6) is 0 Å². The van der Waals surface area contributed by atoms with Gasteiger partial charge in [0.25, 0.3) is 0 Å². The van der Waals surface area contributed by atoms with Gasteiger partial charge in [0.1, 0.15) is 23.3 Å². The highest BCUT2D eigenvalue weighted by molar-refractivity contribution is 7.85. The highest BCUT2D eigenvalue weighted by Crippen LogP contribution is 2.42. The van der Waals surface area contributed by atoms with Gasteiger partial charge < -0.3 is 4.57 Å². The van der Waals surface area contributed by atoms with Crippen LogP contribution in [0.1, 0.15) is 0 Å². The second-order valence-electron chi connectivity index (χ2n) is 5.20. The smallest absolute Gasteiger partial charge is 0.171 e. The fraction of sp³-hybridized carbons (Fsp3) is 0. The Balaban J connectivity index is 2.35. The molecule has 0 radical (unpaired) electrons. The summed E-state index contributed by atoms with van der Waals surface area (Å²) < 4.78 is 68.3. The first-order valence-corrected chi connectivity index (χ1v) is 8.69. The van der Waals surface area contributed by atoms with Gasteiger partial charge in [-0.2, -0.15) is 0 Å². The standard InChI is InChI=1S/C18H11F4OP/c19-12-6-13(20)9-17(8-12)24(23,16-4-2-1-3-5-16)18-10-14(21)7-15(22)11-18/h1-11H. The molecule has 6 heteroatoms. The van der Waals surface area contributed by atoms with Crippen molar-refractivity contribution in [2.45, 2.75) is 0 Å². The number of hydrogen-bond acceptors (Lipinski definition) is 1. The van der Waals surface area contributed by atoms with Gasteiger partial charge in [0.2, 0.25) is 0 Å². The Morgan fingerprint density at radius 2 is 0.917 bits per heavy atom. The molecule has 0 N–H and O–H groups in total. The van der Waals surface area contributed by atoms with Gasteiger partial charge in [-0.3, -0.25) is 0 Å². The van der Waals surface area contributed by atoms with E-state index in [0.29, 0.717) is 12.1 Å². The molecular formula is C18H11F4OP. The normalized spacial score (nSPS) is 11.5. The van der Waals surface area contributed by atoms with Gasteiger partial charge in [0.05, 0.1) is 0 Å². The second-order valence-corrected chi connectivity index (χ2v) is 7.97. The lowest BCUT2D eigenvalue weighted by atomic mass is 10.3. The van der Waals surface area contributed by atoms with Gasteiger partial charge in [-0.15, -0.1) is 0 Å². The van der Waals surface area contributed by atoms with Crippen molar-refractivity contribution in [2.75, 3.05) is 0 Å². The molecule has 0 aromatic heterocycles. The van der Waals surface area contributed by atoms with E-state index in [0.717, 1.165) is 24.3 Å². The Morgan fingerprint density at radius 1 is 0.542 bits per heavy atom. The fourth-order valence-corrected chi connectivity index (χ4v) is 5.23. The maximum atomic E-state index is 13.8. The topological polar surface area (TPSA) is 17.1 Å². The summed E-state index contributed by atoms with van der Waals surface area (Å²) in [5.74, 6) is -3.67. The average molecular weight is 350 g/mol. The van der Waals surface area contributed by atoms with Crippen LogP contribution in [0.15, 0.2) is 66.7 Å². The Hall–Kier alpha value is -2.39. The minimum absolute atomic E-state index is 0.170. The molecule has 0 saturated carbocycles. The summed E-state index contributed by atoms with van der Waals surface area (Å²) in [5.41, 5.74) is 0. The van der Waals surface area contributed by atoms with Crippen LogP contribution in [0.25, 0.3) is 0 Å². The van der Waals surface area contributed by atoms with Crippen molar-refractivity contribution in [1.29, 1.82) is 0 Å². The number of rotatable bonds is 3. The number of hydrogen-bond donors (Lipinski definition) is 0. The largest absolute Gasteiger partial charge is 0.309 e. The minimum atomic E-state index is -3.84. The molecular weight excluding hydrogens is 339 g/mol. The Labute approximate surface area is 135 Å². The molecule has 0 atom stereocenters. The van der Waals surface area contributed by atoms with E-state index in [1.807, 2.05) is 0 Å². The van der Waals surface area contributed by atoms with E-state index in [9.17, 15) is 22.1 Å². The van der Waals surface area contributed by atoms with Crippen molar-refractivity contribution in [3.8, 4) is 0 Å². The van der Waals surface area contributed by atoms with E-state index in [2.05, 4.69) is 0 Å². The van der Waals surface area contributed by atoms with Crippen LogP contribution in [-0.4, -0.2) is 0 Å². The molecule has 3 aromatic rings. The van der Waals surface area contributed by atoms with Crippen LogP contribution in [-0.2, 0) is 4.57 Å². The highest BCUT2D eigenvalue weighted by atomic mass is 31.2. The zero-order chi connectivity index (χ0) is 17.3. The number of halogens is 4. The fourth-order valence-electron chi connectivity index (χ4n) is 2.53. The van der Waals surface area contributed by atoms with Crippen LogP contribution in [0, 0.1) is 23.3 Å². The summed E-state index contributed by atoms with van der Waals surface area (Å²) in [6.07, 6.45) is 0. The van der Waals surface area contributed by atoms with Gasteiger partial charge in [-0.05, 0) is 24.3 Å². The second kappa shape index (κ2) is 6.25. The van der Waals surface area contributed by atoms with Crippen LogP contribution in [0.4, 0.5) is 17.6 Å². The summed E-state index contributed by atoms with van der Waals surface area (Å²) in [5, 5.41) is -0.118. The van der Waals surface area contributed by atoms with E-state index in [-0.39, 0.29) is 15.9 Å². The molecule has 0 bridgehead atoms. The summed E-state index contributed by atoms with van der Waals surface area (Å²) >= 11 is 0. The van der Waals surface area contributed by atoms with E-state index < -0.39 is 30.4 Å². The van der Waals surface area contributed by atoms with Crippen molar-refractivity contribution in [2.24, 2.45) is 0 Å². The monoisotopic (exact) mass is 350 g/mol. The van der Waals surface area contributed by atoms with Crippen molar-refractivity contribution < 1.29 is 22.1 Å². The van der Waals surface area contributed by atoms with Gasteiger partial charge >= 0.3 is 0 Å². The van der Waals surface area contributed by atoms with Gasteiger partial charge in [0, 0.05) is 28.0 Å². The molecule has 0 aliphatic carbocycles. The first-order chi connectivity index (χ1) is 11.4. The molecule has 0 heterocycles. The Bertz CT molecular complexity index is 845. The molecule has 0 unspecified atom stereocenters. The molecule has 0 spiro atoms. The molecule has 0 aliphatic heterocycles. The van der Waals surface area contributed by atoms with E-state index >= 15 is 0 Å². The van der Waals surface area contributed by atoms with Crippen molar-refractivity contribution in [1.82, 2.24) is 0 Å². The van der Waals surface area contributed by atoms with Crippen LogP contribution in [0.2, 0.25) is 0 Å². The summed E-state index contributed by atoms with van der Waals surface area (Å²) in [4.78, 5) is 0. The first-order valence-electron chi connectivity index (χ1n) is 6.98. The third-order valence-electron chi connectivity index (χ3n) is 3.54. The summed E-state index contributed by atoms with van der Waals surface area (Å²) in [7, 11) is -3.84. The molecule has 0 amide bonds. The van der Waals surface area contributed by atoms with Crippen LogP contribution >= 0.6 is 7.14 Å². The van der Waals surface area contributed by atoms with E-state index in [1.165, 1.54) is 12.1 Å². The molecule has 1 nitrogen and oxygen atoms in total. The quantitative estimate of drug-likeness (QED) is 0.518. The van der Waals surface area contributed by atoms with Crippen molar-refractivity contribution >= 4 is 23.1 Å². The zero-order valence-corrected chi connectivity index (χ0v) is 13.1. The zero-order valence-electron chi connectivity index (χ0n) is 12.2. The maximum absolute atomic E-state index is 13.8. The molecule has 0 saturated heterocycles. The molecule has 24 heavy (non-hydrogen) atoms. The summed E-state index contributed by atoms with van der Waals surface area (Å²) in [6, 6.07) is 12.8. The minimum Gasteiger partial charge on any atom is -0.309 e. The van der Waals surface area contributed by atoms with Crippen LogP contribution < -0.4 is 15.9 Å². The SMILES string of the molecule is O=P(c1ccccc1)(c1cc(F)cc(F)c1)c1cc(F)cc(F)c1. The lowest BCUT2D eigenvalue weighted by Crippen LogP contribution is -2.26. The van der Waals surface area contributed by atoms with E-state index in [4.69, 9.17) is 0 Å². The molecule has 0 aliphatic rings. The predicted molar refractivity (Wildman–Crippen MR) is 85.7 cm³/mol. The van der Waals surface area contributed by atoms with E-state index in [1.54, 1.807) is 18.2 Å². The van der Waals surface area contributed by atoms with Crippen LogP contribution in [0.3, 0.4) is 0 Å². The Kier molecular flexibility index (Phi) is 4.29. The lowest BCUT2D eigenvalue weighted by molar-refractivity contribution is 0.578. The first kappa shape index (κ1) is 16.5. The maximum Gasteiger partial charge on any atom is 0.171 e. The van der Waals surface area contributed by atoms with Gasteiger partial charge in [-0.1, -0.05) is 30.3 Å². The van der Waals surface area contributed by atoms with Gasteiger partial charge in [-0.25, -0.2) is 17.6 Å². The third-order valence-corrected chi connectivity index (χ3v) is 6.54. The molecule has 3 aromatic carbocycles. The highest BCUT2D eigenvalue weighted by Gasteiger charge is 2.31. The van der Waals surface area contributed by atoms with Crippen molar-refractivity contribution in [3.05, 3.63) is 90.0 Å². The number of benzene rings is 3. The summed E-state index contributed by atoms with van der Waals surface area (Å²) in [6.45, 7) is 0. The molecule has 122 valence electrons. The third kappa shape index (κ3) is 3.00.